The molecule has 0 aliphatic rings. The minimum absolute atomic E-state index is 0.104. The van der Waals surface area contributed by atoms with Gasteiger partial charge < -0.3 is 14.6 Å². The minimum atomic E-state index is -0.136. The molecule has 0 saturated carbocycles. The highest BCUT2D eigenvalue weighted by Gasteiger charge is 2.02. The highest BCUT2D eigenvalue weighted by molar-refractivity contribution is 5.69. The summed E-state index contributed by atoms with van der Waals surface area (Å²) < 4.78 is 9.80. The molecule has 0 aromatic heterocycles. The lowest BCUT2D eigenvalue weighted by atomic mass is 10.1. The fraction of sp³-hybridized carbons (Fsp3) is 0.789. The Morgan fingerprint density at radius 3 is 2.08 bits per heavy atom. The lowest BCUT2D eigenvalue weighted by Crippen LogP contribution is -2.05. The van der Waals surface area contributed by atoms with Crippen molar-refractivity contribution < 1.29 is 24.2 Å². The molecule has 0 aliphatic heterocycles. The van der Waals surface area contributed by atoms with Gasteiger partial charge in [-0.3, -0.25) is 9.59 Å². The van der Waals surface area contributed by atoms with Crippen molar-refractivity contribution in [2.75, 3.05) is 20.3 Å². The molecule has 0 bridgehead atoms. The largest absolute Gasteiger partial charge is 0.469 e. The average molecular weight is 342 g/mol. The van der Waals surface area contributed by atoms with Gasteiger partial charge in [-0.05, 0) is 38.5 Å². The second-order valence-electron chi connectivity index (χ2n) is 5.90. The SMILES string of the molecule is COC(=O)CCCCCCCCOC(=O)CCCC/C=C\CCO. The van der Waals surface area contributed by atoms with Crippen LogP contribution in [0.2, 0.25) is 0 Å². The van der Waals surface area contributed by atoms with Crippen LogP contribution in [0, 0.1) is 0 Å². The van der Waals surface area contributed by atoms with Crippen molar-refractivity contribution in [3.63, 3.8) is 0 Å². The number of methoxy groups -OCH3 is 1. The van der Waals surface area contributed by atoms with Gasteiger partial charge in [-0.1, -0.05) is 37.8 Å². The summed E-state index contributed by atoms with van der Waals surface area (Å²) in [5.74, 6) is -0.240. The number of esters is 2. The number of unbranched alkanes of at least 4 members (excludes halogenated alkanes) is 7. The molecule has 0 unspecified atom stereocenters. The molecule has 0 amide bonds. The molecule has 0 rings (SSSR count). The Morgan fingerprint density at radius 2 is 1.38 bits per heavy atom. The van der Waals surface area contributed by atoms with Gasteiger partial charge in [0.25, 0.3) is 0 Å². The van der Waals surface area contributed by atoms with Crippen LogP contribution in [0.25, 0.3) is 0 Å². The van der Waals surface area contributed by atoms with Gasteiger partial charge in [0.2, 0.25) is 0 Å². The van der Waals surface area contributed by atoms with E-state index in [0.29, 0.717) is 25.9 Å². The molecule has 5 nitrogen and oxygen atoms in total. The molecule has 0 radical (unpaired) electrons. The van der Waals surface area contributed by atoms with E-state index in [2.05, 4.69) is 4.74 Å². The van der Waals surface area contributed by atoms with Crippen molar-refractivity contribution in [3.05, 3.63) is 12.2 Å². The Balaban J connectivity index is 3.24. The Hall–Kier alpha value is -1.36. The summed E-state index contributed by atoms with van der Waals surface area (Å²) in [4.78, 5) is 22.4. The molecule has 0 aliphatic carbocycles. The van der Waals surface area contributed by atoms with Crippen molar-refractivity contribution in [1.29, 1.82) is 0 Å². The van der Waals surface area contributed by atoms with Crippen LogP contribution in [0.15, 0.2) is 12.2 Å². The van der Waals surface area contributed by atoms with E-state index in [0.717, 1.165) is 57.8 Å². The highest BCUT2D eigenvalue weighted by atomic mass is 16.5. The quantitative estimate of drug-likeness (QED) is 0.261. The number of hydrogen-bond donors (Lipinski definition) is 1. The van der Waals surface area contributed by atoms with E-state index < -0.39 is 0 Å². The normalized spacial score (nSPS) is 10.9. The van der Waals surface area contributed by atoms with Crippen LogP contribution in [0.4, 0.5) is 0 Å². The number of carbonyl (C=O) groups excluding carboxylic acids is 2. The summed E-state index contributed by atoms with van der Waals surface area (Å²) >= 11 is 0. The van der Waals surface area contributed by atoms with Gasteiger partial charge in [-0.2, -0.15) is 0 Å². The third kappa shape index (κ3) is 17.0. The summed E-state index contributed by atoms with van der Waals surface area (Å²) in [5.41, 5.74) is 0. The van der Waals surface area contributed by atoms with Crippen LogP contribution < -0.4 is 0 Å². The van der Waals surface area contributed by atoms with Crippen LogP contribution in [-0.2, 0) is 19.1 Å². The van der Waals surface area contributed by atoms with Crippen molar-refractivity contribution in [1.82, 2.24) is 0 Å². The average Bonchev–Trinajstić information content (AvgIpc) is 2.59. The Morgan fingerprint density at radius 1 is 0.792 bits per heavy atom. The third-order valence-electron chi connectivity index (χ3n) is 3.73. The summed E-state index contributed by atoms with van der Waals surface area (Å²) in [6, 6.07) is 0. The van der Waals surface area contributed by atoms with Gasteiger partial charge in [-0.25, -0.2) is 0 Å². The van der Waals surface area contributed by atoms with E-state index >= 15 is 0 Å². The number of allylic oxidation sites excluding steroid dienone is 1. The zero-order valence-electron chi connectivity index (χ0n) is 15.1. The first-order chi connectivity index (χ1) is 11.7. The predicted molar refractivity (Wildman–Crippen MR) is 94.6 cm³/mol. The number of hydrogen-bond acceptors (Lipinski definition) is 5. The van der Waals surface area contributed by atoms with Crippen LogP contribution in [0.1, 0.15) is 77.0 Å². The lowest BCUT2D eigenvalue weighted by Gasteiger charge is -2.05. The van der Waals surface area contributed by atoms with Crippen molar-refractivity contribution in [3.8, 4) is 0 Å². The molecule has 0 aromatic carbocycles. The fourth-order valence-electron chi connectivity index (χ4n) is 2.28. The predicted octanol–water partition coefficient (Wildman–Crippen LogP) is 3.93. The molecule has 0 fully saturated rings. The maximum Gasteiger partial charge on any atom is 0.305 e. The second-order valence-corrected chi connectivity index (χ2v) is 5.90. The minimum Gasteiger partial charge on any atom is -0.469 e. The fourth-order valence-corrected chi connectivity index (χ4v) is 2.28. The number of carbonyl (C=O) groups is 2. The van der Waals surface area contributed by atoms with E-state index in [9.17, 15) is 9.59 Å². The third-order valence-corrected chi connectivity index (χ3v) is 3.73. The van der Waals surface area contributed by atoms with E-state index in [1.807, 2.05) is 12.2 Å². The molecule has 1 N–H and O–H groups in total. The van der Waals surface area contributed by atoms with Gasteiger partial charge in [0, 0.05) is 19.4 Å². The van der Waals surface area contributed by atoms with Crippen LogP contribution in [0.3, 0.4) is 0 Å². The summed E-state index contributed by atoms with van der Waals surface area (Å²) in [6.07, 6.45) is 14.6. The van der Waals surface area contributed by atoms with Crippen LogP contribution >= 0.6 is 0 Å². The number of aliphatic hydroxyl groups is 1. The van der Waals surface area contributed by atoms with E-state index in [1.165, 1.54) is 7.11 Å². The number of rotatable bonds is 16. The van der Waals surface area contributed by atoms with Gasteiger partial charge in [-0.15, -0.1) is 0 Å². The molecule has 0 aromatic rings. The molecule has 0 atom stereocenters. The maximum atomic E-state index is 11.5. The van der Waals surface area contributed by atoms with Gasteiger partial charge in [0.05, 0.1) is 13.7 Å². The van der Waals surface area contributed by atoms with Crippen molar-refractivity contribution in [2.24, 2.45) is 0 Å². The topological polar surface area (TPSA) is 72.8 Å². The Bertz CT molecular complexity index is 339. The maximum absolute atomic E-state index is 11.5. The first kappa shape index (κ1) is 22.6. The molecule has 0 spiro atoms. The van der Waals surface area contributed by atoms with E-state index in [4.69, 9.17) is 9.84 Å². The number of aliphatic hydroxyl groups excluding tert-OH is 1. The van der Waals surface area contributed by atoms with E-state index in [-0.39, 0.29) is 18.5 Å². The monoisotopic (exact) mass is 342 g/mol. The zero-order chi connectivity index (χ0) is 17.9. The Labute approximate surface area is 146 Å². The van der Waals surface area contributed by atoms with Crippen molar-refractivity contribution >= 4 is 11.9 Å². The Kier molecular flexibility index (Phi) is 17.0. The molecule has 140 valence electrons. The standard InChI is InChI=1S/C19H34O5/c1-23-18(21)14-10-6-3-5-9-13-17-24-19(22)15-11-7-2-4-8-12-16-20/h4,8,20H,2-3,5-7,9-17H2,1H3/b8-4-. The molecular weight excluding hydrogens is 308 g/mol. The molecule has 5 heteroatoms. The second kappa shape index (κ2) is 18.0. The summed E-state index contributed by atoms with van der Waals surface area (Å²) in [7, 11) is 1.42. The van der Waals surface area contributed by atoms with E-state index in [1.54, 1.807) is 0 Å². The first-order valence-corrected chi connectivity index (χ1v) is 9.19. The highest BCUT2D eigenvalue weighted by Crippen LogP contribution is 2.08. The van der Waals surface area contributed by atoms with Crippen LogP contribution in [-0.4, -0.2) is 37.4 Å². The lowest BCUT2D eigenvalue weighted by molar-refractivity contribution is -0.144. The van der Waals surface area contributed by atoms with Crippen LogP contribution in [0.5, 0.6) is 0 Å². The first-order valence-electron chi connectivity index (χ1n) is 9.19. The number of ether oxygens (including phenoxy) is 2. The van der Waals surface area contributed by atoms with Gasteiger partial charge in [0.1, 0.15) is 0 Å². The van der Waals surface area contributed by atoms with Gasteiger partial charge >= 0.3 is 11.9 Å². The van der Waals surface area contributed by atoms with Gasteiger partial charge in [0.15, 0.2) is 0 Å². The zero-order valence-corrected chi connectivity index (χ0v) is 15.1. The smallest absolute Gasteiger partial charge is 0.305 e. The van der Waals surface area contributed by atoms with Crippen molar-refractivity contribution in [2.45, 2.75) is 77.0 Å². The molecular formula is C19H34O5. The summed E-state index contributed by atoms with van der Waals surface area (Å²) in [5, 5.41) is 8.62. The molecule has 0 heterocycles. The molecule has 24 heavy (non-hydrogen) atoms. The molecule has 0 saturated heterocycles. The summed E-state index contributed by atoms with van der Waals surface area (Å²) in [6.45, 7) is 0.702.